The van der Waals surface area contributed by atoms with Gasteiger partial charge in [-0.15, -0.1) is 0 Å². The van der Waals surface area contributed by atoms with E-state index >= 15 is 0 Å². The highest BCUT2D eigenvalue weighted by Gasteiger charge is 2.22. The van der Waals surface area contributed by atoms with Crippen LogP contribution in [-0.2, 0) is 0 Å². The summed E-state index contributed by atoms with van der Waals surface area (Å²) >= 11 is 5.31. The van der Waals surface area contributed by atoms with Crippen LogP contribution in [0.2, 0.25) is 0 Å². The van der Waals surface area contributed by atoms with Crippen LogP contribution in [0.1, 0.15) is 24.2 Å². The number of aromatic nitrogens is 2. The number of aryl methyl sites for hydroxylation is 2. The molecule has 1 aliphatic rings. The standard InChI is InChI=1S/C17H19FN6S/c1-10-9-11(2)20-15(19-10)23-16(21-13-7-8-13)24-17(25)22-14-5-3-12(18)4-6-14/h3-6,9,13H,7-8H2,1-2H3,(H3,19,20,21,22,23,24,25). The second-order valence-corrected chi connectivity index (χ2v) is 6.30. The number of benzene rings is 1. The maximum Gasteiger partial charge on any atom is 0.229 e. The summed E-state index contributed by atoms with van der Waals surface area (Å²) in [4.78, 5) is 13.3. The van der Waals surface area contributed by atoms with Crippen LogP contribution >= 0.6 is 12.2 Å². The van der Waals surface area contributed by atoms with Crippen molar-refractivity contribution in [1.82, 2.24) is 15.3 Å². The number of thiocarbonyl (C=S) groups is 1. The molecule has 130 valence electrons. The molecular weight excluding hydrogens is 339 g/mol. The van der Waals surface area contributed by atoms with Gasteiger partial charge in [0, 0.05) is 17.1 Å². The van der Waals surface area contributed by atoms with Crippen molar-refractivity contribution in [3.63, 3.8) is 0 Å². The van der Waals surface area contributed by atoms with E-state index in [1.807, 2.05) is 19.9 Å². The number of rotatable bonds is 3. The second kappa shape index (κ2) is 7.52. The van der Waals surface area contributed by atoms with Crippen molar-refractivity contribution in [2.45, 2.75) is 32.7 Å². The monoisotopic (exact) mass is 358 g/mol. The number of hydrogen-bond donors (Lipinski definition) is 3. The maximum atomic E-state index is 13.0. The van der Waals surface area contributed by atoms with E-state index in [0.717, 1.165) is 24.2 Å². The Morgan fingerprint density at radius 2 is 1.76 bits per heavy atom. The van der Waals surface area contributed by atoms with Crippen molar-refractivity contribution < 1.29 is 4.39 Å². The van der Waals surface area contributed by atoms with Crippen LogP contribution in [0.5, 0.6) is 0 Å². The number of anilines is 2. The summed E-state index contributed by atoms with van der Waals surface area (Å²) in [5.41, 5.74) is 2.42. The SMILES string of the molecule is Cc1cc(C)nc(NC(=NC2CC2)NC(=S)Nc2ccc(F)cc2)n1. The van der Waals surface area contributed by atoms with Gasteiger partial charge in [-0.2, -0.15) is 0 Å². The Labute approximate surface area is 151 Å². The van der Waals surface area contributed by atoms with E-state index < -0.39 is 0 Å². The zero-order chi connectivity index (χ0) is 17.8. The third kappa shape index (κ3) is 5.46. The van der Waals surface area contributed by atoms with E-state index in [0.29, 0.717) is 22.7 Å². The second-order valence-electron chi connectivity index (χ2n) is 5.89. The first-order chi connectivity index (χ1) is 12.0. The predicted molar refractivity (Wildman–Crippen MR) is 101 cm³/mol. The largest absolute Gasteiger partial charge is 0.332 e. The Morgan fingerprint density at radius 3 is 2.36 bits per heavy atom. The van der Waals surface area contributed by atoms with Crippen LogP contribution < -0.4 is 16.0 Å². The predicted octanol–water partition coefficient (Wildman–Crippen LogP) is 3.15. The molecule has 0 atom stereocenters. The Morgan fingerprint density at radius 1 is 1.12 bits per heavy atom. The molecule has 0 unspecified atom stereocenters. The lowest BCUT2D eigenvalue weighted by molar-refractivity contribution is 0.628. The lowest BCUT2D eigenvalue weighted by atomic mass is 10.3. The molecule has 0 aliphatic heterocycles. The molecular formula is C17H19FN6S. The zero-order valence-corrected chi connectivity index (χ0v) is 14.8. The first-order valence-corrected chi connectivity index (χ1v) is 8.39. The number of hydrogen-bond acceptors (Lipinski definition) is 4. The fourth-order valence-electron chi connectivity index (χ4n) is 2.17. The van der Waals surface area contributed by atoms with Crippen molar-refractivity contribution in [3.8, 4) is 0 Å². The summed E-state index contributed by atoms with van der Waals surface area (Å²) in [6.45, 7) is 3.82. The average Bonchev–Trinajstić information content (AvgIpc) is 3.32. The normalized spacial score (nSPS) is 14.1. The number of guanidine groups is 1. The van der Waals surface area contributed by atoms with Gasteiger partial charge in [-0.1, -0.05) is 0 Å². The number of aliphatic imine (C=N–C) groups is 1. The minimum Gasteiger partial charge on any atom is -0.332 e. The quantitative estimate of drug-likeness (QED) is 0.445. The van der Waals surface area contributed by atoms with Crippen molar-refractivity contribution in [2.75, 3.05) is 10.6 Å². The van der Waals surface area contributed by atoms with Crippen molar-refractivity contribution in [3.05, 3.63) is 47.5 Å². The van der Waals surface area contributed by atoms with Crippen LogP contribution in [0.3, 0.4) is 0 Å². The van der Waals surface area contributed by atoms with Crippen molar-refractivity contribution in [2.24, 2.45) is 4.99 Å². The zero-order valence-electron chi connectivity index (χ0n) is 14.0. The summed E-state index contributed by atoms with van der Waals surface area (Å²) in [7, 11) is 0. The van der Waals surface area contributed by atoms with Crippen LogP contribution in [0, 0.1) is 19.7 Å². The van der Waals surface area contributed by atoms with Gasteiger partial charge in [-0.3, -0.25) is 5.32 Å². The molecule has 8 heteroatoms. The van der Waals surface area contributed by atoms with E-state index in [1.54, 1.807) is 12.1 Å². The molecule has 2 aromatic rings. The molecule has 0 spiro atoms. The number of halogens is 1. The first kappa shape index (κ1) is 17.2. The molecule has 1 heterocycles. The summed E-state index contributed by atoms with van der Waals surface area (Å²) in [5.74, 6) is 0.662. The van der Waals surface area contributed by atoms with Gasteiger partial charge in [0.1, 0.15) is 5.82 Å². The van der Waals surface area contributed by atoms with Gasteiger partial charge in [-0.05, 0) is 69.2 Å². The molecule has 0 bridgehead atoms. The maximum absolute atomic E-state index is 13.0. The molecule has 1 aliphatic carbocycles. The molecule has 3 N–H and O–H groups in total. The van der Waals surface area contributed by atoms with E-state index in [4.69, 9.17) is 12.2 Å². The minimum absolute atomic E-state index is 0.287. The van der Waals surface area contributed by atoms with Gasteiger partial charge in [0.05, 0.1) is 6.04 Å². The van der Waals surface area contributed by atoms with E-state index in [2.05, 4.69) is 30.9 Å². The number of nitrogens with one attached hydrogen (secondary N) is 3. The van der Waals surface area contributed by atoms with E-state index in [1.165, 1.54) is 12.1 Å². The third-order valence-electron chi connectivity index (χ3n) is 3.41. The summed E-state index contributed by atoms with van der Waals surface area (Å²) in [6.07, 6.45) is 2.11. The lowest BCUT2D eigenvalue weighted by Crippen LogP contribution is -2.39. The van der Waals surface area contributed by atoms with Gasteiger partial charge in [-0.25, -0.2) is 19.4 Å². The molecule has 0 saturated heterocycles. The highest BCUT2D eigenvalue weighted by atomic mass is 32.1. The fourth-order valence-corrected chi connectivity index (χ4v) is 2.39. The Bertz CT molecular complexity index is 781. The van der Waals surface area contributed by atoms with Crippen LogP contribution in [0.15, 0.2) is 35.3 Å². The molecule has 1 fully saturated rings. The topological polar surface area (TPSA) is 74.2 Å². The molecule has 0 amide bonds. The summed E-state index contributed by atoms with van der Waals surface area (Å²) < 4.78 is 13.0. The van der Waals surface area contributed by atoms with Gasteiger partial charge in [0.15, 0.2) is 5.11 Å². The highest BCUT2D eigenvalue weighted by Crippen LogP contribution is 2.23. The molecule has 25 heavy (non-hydrogen) atoms. The Kier molecular flexibility index (Phi) is 5.18. The minimum atomic E-state index is -0.297. The summed E-state index contributed by atoms with van der Waals surface area (Å²) in [6, 6.07) is 8.15. The molecule has 6 nitrogen and oxygen atoms in total. The third-order valence-corrected chi connectivity index (χ3v) is 3.61. The van der Waals surface area contributed by atoms with E-state index in [9.17, 15) is 4.39 Å². The van der Waals surface area contributed by atoms with Gasteiger partial charge >= 0.3 is 0 Å². The van der Waals surface area contributed by atoms with Crippen LogP contribution in [0.25, 0.3) is 0 Å². The Hall–Kier alpha value is -2.61. The van der Waals surface area contributed by atoms with Gasteiger partial charge < -0.3 is 10.6 Å². The van der Waals surface area contributed by atoms with Gasteiger partial charge in [0.25, 0.3) is 0 Å². The van der Waals surface area contributed by atoms with E-state index in [-0.39, 0.29) is 11.9 Å². The summed E-state index contributed by atoms with van der Waals surface area (Å²) in [5, 5.41) is 9.45. The number of nitrogens with zero attached hydrogens (tertiary/aromatic N) is 3. The Balaban J connectivity index is 1.68. The van der Waals surface area contributed by atoms with Gasteiger partial charge in [0.2, 0.25) is 11.9 Å². The lowest BCUT2D eigenvalue weighted by Gasteiger charge is -2.14. The molecule has 1 aromatic carbocycles. The fraction of sp³-hybridized carbons (Fsp3) is 0.294. The first-order valence-electron chi connectivity index (χ1n) is 7.98. The van der Waals surface area contributed by atoms with Crippen LogP contribution in [-0.4, -0.2) is 27.1 Å². The van der Waals surface area contributed by atoms with Crippen molar-refractivity contribution in [1.29, 1.82) is 0 Å². The van der Waals surface area contributed by atoms with Crippen molar-refractivity contribution >= 4 is 34.9 Å². The molecule has 3 rings (SSSR count). The average molecular weight is 358 g/mol. The molecule has 0 radical (unpaired) electrons. The highest BCUT2D eigenvalue weighted by molar-refractivity contribution is 7.80. The van der Waals surface area contributed by atoms with Crippen LogP contribution in [0.4, 0.5) is 16.0 Å². The smallest absolute Gasteiger partial charge is 0.229 e. The molecule has 1 aromatic heterocycles. The molecule has 1 saturated carbocycles.